The third-order valence-electron chi connectivity index (χ3n) is 5.77. The Morgan fingerprint density at radius 1 is 1.26 bits per heavy atom. The molecule has 2 fully saturated rings. The number of hydrogen-bond acceptors (Lipinski definition) is 3. The highest BCUT2D eigenvalue weighted by atomic mass is 16.5. The van der Waals surface area contributed by atoms with Gasteiger partial charge < -0.3 is 15.0 Å². The van der Waals surface area contributed by atoms with Gasteiger partial charge in [0, 0.05) is 24.5 Å². The van der Waals surface area contributed by atoms with Crippen LogP contribution >= 0.6 is 0 Å². The van der Waals surface area contributed by atoms with Crippen molar-refractivity contribution in [2.24, 2.45) is 0 Å². The zero-order valence-electron chi connectivity index (χ0n) is 14.3. The first-order valence-corrected chi connectivity index (χ1v) is 8.77. The van der Waals surface area contributed by atoms with Crippen molar-refractivity contribution in [3.8, 4) is 5.75 Å². The highest BCUT2D eigenvalue weighted by Gasteiger charge is 2.39. The third kappa shape index (κ3) is 2.63. The molecule has 0 saturated carbocycles. The van der Waals surface area contributed by atoms with E-state index in [2.05, 4.69) is 37.2 Å². The number of carbonyl (C=O) groups excluding carboxylic acids is 1. The number of para-hydroxylation sites is 1. The molecule has 1 aromatic rings. The second kappa shape index (κ2) is 5.23. The van der Waals surface area contributed by atoms with Crippen LogP contribution in [0.3, 0.4) is 0 Å². The lowest BCUT2D eigenvalue weighted by Gasteiger charge is -2.36. The Labute approximate surface area is 138 Å². The molecule has 0 aliphatic carbocycles. The molecular weight excluding hydrogens is 288 g/mol. The summed E-state index contributed by atoms with van der Waals surface area (Å²) < 4.78 is 6.04. The summed E-state index contributed by atoms with van der Waals surface area (Å²) in [6, 6.07) is 7.49. The van der Waals surface area contributed by atoms with Crippen LogP contribution < -0.4 is 10.1 Å². The Morgan fingerprint density at radius 2 is 1.96 bits per heavy atom. The van der Waals surface area contributed by atoms with Crippen molar-refractivity contribution in [2.45, 2.75) is 69.7 Å². The fraction of sp³-hybridized carbons (Fsp3) is 0.632. The van der Waals surface area contributed by atoms with Crippen LogP contribution in [0.5, 0.6) is 5.75 Å². The van der Waals surface area contributed by atoms with Gasteiger partial charge in [-0.15, -0.1) is 0 Å². The van der Waals surface area contributed by atoms with E-state index >= 15 is 0 Å². The number of carbonyl (C=O) groups is 1. The maximum Gasteiger partial charge on any atom is 0.255 e. The minimum absolute atomic E-state index is 0.0218. The Balaban J connectivity index is 1.50. The van der Waals surface area contributed by atoms with Crippen molar-refractivity contribution in [3.63, 3.8) is 0 Å². The van der Waals surface area contributed by atoms with E-state index < -0.39 is 0 Å². The molecule has 3 atom stereocenters. The normalized spacial score (nSPS) is 31.5. The molecule has 4 nitrogen and oxygen atoms in total. The first kappa shape index (κ1) is 15.0. The molecule has 1 aromatic carbocycles. The minimum Gasteiger partial charge on any atom is -0.486 e. The molecule has 3 heterocycles. The van der Waals surface area contributed by atoms with Crippen molar-refractivity contribution in [1.82, 2.24) is 10.2 Å². The van der Waals surface area contributed by atoms with Crippen LogP contribution in [0.4, 0.5) is 0 Å². The van der Waals surface area contributed by atoms with Crippen LogP contribution in [0.15, 0.2) is 18.2 Å². The molecule has 4 rings (SSSR count). The lowest BCUT2D eigenvalue weighted by Crippen LogP contribution is -2.48. The first-order chi connectivity index (χ1) is 10.9. The number of benzene rings is 1. The summed E-state index contributed by atoms with van der Waals surface area (Å²) in [6.07, 6.45) is 5.54. The molecule has 0 radical (unpaired) electrons. The van der Waals surface area contributed by atoms with Gasteiger partial charge in [0.15, 0.2) is 0 Å². The number of hydrogen-bond donors (Lipinski definition) is 1. The summed E-state index contributed by atoms with van der Waals surface area (Å²) >= 11 is 0. The van der Waals surface area contributed by atoms with E-state index in [4.69, 9.17) is 4.74 Å². The summed E-state index contributed by atoms with van der Waals surface area (Å²) in [5, 5.41) is 3.27. The fourth-order valence-electron chi connectivity index (χ4n) is 4.59. The molecule has 1 unspecified atom stereocenters. The number of nitrogens with one attached hydrogen (secondary N) is 1. The number of nitrogens with zero attached hydrogens (tertiary/aromatic N) is 1. The van der Waals surface area contributed by atoms with Gasteiger partial charge in [-0.1, -0.05) is 12.1 Å². The van der Waals surface area contributed by atoms with Crippen LogP contribution in [-0.2, 0) is 6.42 Å². The zero-order chi connectivity index (χ0) is 16.2. The van der Waals surface area contributed by atoms with Gasteiger partial charge in [0.25, 0.3) is 5.91 Å². The summed E-state index contributed by atoms with van der Waals surface area (Å²) in [7, 11) is 2.22. The van der Waals surface area contributed by atoms with E-state index in [0.717, 1.165) is 30.6 Å². The van der Waals surface area contributed by atoms with E-state index in [1.54, 1.807) is 0 Å². The van der Waals surface area contributed by atoms with Gasteiger partial charge in [-0.25, -0.2) is 0 Å². The minimum atomic E-state index is -0.217. The number of amides is 1. The Hall–Kier alpha value is -1.55. The van der Waals surface area contributed by atoms with Gasteiger partial charge in [0.05, 0.1) is 5.56 Å². The molecule has 0 aromatic heterocycles. The molecule has 3 aliphatic rings. The monoisotopic (exact) mass is 314 g/mol. The van der Waals surface area contributed by atoms with Crippen molar-refractivity contribution in [3.05, 3.63) is 29.3 Å². The average Bonchev–Trinajstić information content (AvgIpc) is 2.88. The molecule has 0 spiro atoms. The molecule has 1 N–H and O–H groups in total. The Bertz CT molecular complexity index is 626. The van der Waals surface area contributed by atoms with Crippen LogP contribution in [0, 0.1) is 0 Å². The highest BCUT2D eigenvalue weighted by molar-refractivity contribution is 5.97. The highest BCUT2D eigenvalue weighted by Crippen LogP contribution is 2.38. The smallest absolute Gasteiger partial charge is 0.255 e. The van der Waals surface area contributed by atoms with Crippen molar-refractivity contribution in [2.75, 3.05) is 7.05 Å². The largest absolute Gasteiger partial charge is 0.486 e. The fourth-order valence-corrected chi connectivity index (χ4v) is 4.59. The second-order valence-corrected chi connectivity index (χ2v) is 8.02. The average molecular weight is 314 g/mol. The molecule has 3 aliphatic heterocycles. The quantitative estimate of drug-likeness (QED) is 0.912. The number of ether oxygens (including phenoxy) is 1. The molecule has 23 heavy (non-hydrogen) atoms. The van der Waals surface area contributed by atoms with E-state index in [9.17, 15) is 4.79 Å². The topological polar surface area (TPSA) is 41.6 Å². The van der Waals surface area contributed by atoms with Crippen LogP contribution in [0.25, 0.3) is 0 Å². The summed E-state index contributed by atoms with van der Waals surface area (Å²) in [6.45, 7) is 4.15. The van der Waals surface area contributed by atoms with Crippen LogP contribution in [0.2, 0.25) is 0 Å². The van der Waals surface area contributed by atoms with Crippen molar-refractivity contribution >= 4 is 5.91 Å². The predicted molar refractivity (Wildman–Crippen MR) is 89.9 cm³/mol. The van der Waals surface area contributed by atoms with E-state index in [1.807, 2.05) is 12.1 Å². The summed E-state index contributed by atoms with van der Waals surface area (Å²) in [5.74, 6) is 0.805. The van der Waals surface area contributed by atoms with Gasteiger partial charge >= 0.3 is 0 Å². The van der Waals surface area contributed by atoms with Gasteiger partial charge in [0.2, 0.25) is 0 Å². The first-order valence-electron chi connectivity index (χ1n) is 8.77. The molecule has 2 saturated heterocycles. The van der Waals surface area contributed by atoms with E-state index in [-0.39, 0.29) is 11.5 Å². The predicted octanol–water partition coefficient (Wildman–Crippen LogP) is 2.76. The van der Waals surface area contributed by atoms with E-state index in [1.165, 1.54) is 12.8 Å². The molecule has 1 amide bonds. The molecule has 2 bridgehead atoms. The molecule has 4 heteroatoms. The summed E-state index contributed by atoms with van der Waals surface area (Å²) in [5.41, 5.74) is 1.62. The van der Waals surface area contributed by atoms with Gasteiger partial charge in [-0.3, -0.25) is 4.79 Å². The maximum atomic E-state index is 12.8. The second-order valence-electron chi connectivity index (χ2n) is 8.02. The zero-order valence-corrected chi connectivity index (χ0v) is 14.3. The lowest BCUT2D eigenvalue weighted by atomic mass is 9.97. The SMILES string of the molecule is CN1[C@@H]2CC[C@H]1CC(NC(=O)c1cccc3c1OC(C)(C)C3)C2. The van der Waals surface area contributed by atoms with Gasteiger partial charge in [-0.05, 0) is 58.2 Å². The van der Waals surface area contributed by atoms with Crippen molar-refractivity contribution in [1.29, 1.82) is 0 Å². The molecule has 124 valence electrons. The van der Waals surface area contributed by atoms with Crippen molar-refractivity contribution < 1.29 is 9.53 Å². The third-order valence-corrected chi connectivity index (χ3v) is 5.77. The van der Waals surface area contributed by atoms with Gasteiger partial charge in [0.1, 0.15) is 11.4 Å². The standard InChI is InChI=1S/C19H26N2O2/c1-19(2)11-12-5-4-6-16(17(12)23-19)18(22)20-13-9-14-7-8-15(10-13)21(14)3/h4-6,13-15H,7-11H2,1-3H3,(H,20,22)/t13?,14-,15+. The number of rotatable bonds is 2. The van der Waals surface area contributed by atoms with E-state index in [0.29, 0.717) is 23.7 Å². The number of piperidine rings is 1. The molecular formula is C19H26N2O2. The summed E-state index contributed by atoms with van der Waals surface area (Å²) in [4.78, 5) is 15.3. The van der Waals surface area contributed by atoms with Gasteiger partial charge in [-0.2, -0.15) is 0 Å². The lowest BCUT2D eigenvalue weighted by molar-refractivity contribution is 0.0870. The van der Waals surface area contributed by atoms with Crippen LogP contribution in [0.1, 0.15) is 55.5 Å². The maximum absolute atomic E-state index is 12.8. The van der Waals surface area contributed by atoms with Crippen LogP contribution in [-0.4, -0.2) is 41.6 Å². The number of fused-ring (bicyclic) bond motifs is 3. The Kier molecular flexibility index (Phi) is 3.41. The Morgan fingerprint density at radius 3 is 2.65 bits per heavy atom.